The van der Waals surface area contributed by atoms with E-state index in [1.807, 2.05) is 0 Å². The SMILES string of the molecule is O=C1NC[C@@H](c2c(Cl)ccc(Cl)c2F)N1. The minimum atomic E-state index is -0.585. The molecule has 0 aliphatic carbocycles. The number of benzene rings is 1. The predicted molar refractivity (Wildman–Crippen MR) is 55.7 cm³/mol. The summed E-state index contributed by atoms with van der Waals surface area (Å²) in [5, 5.41) is 5.32. The van der Waals surface area contributed by atoms with Gasteiger partial charge in [-0.2, -0.15) is 0 Å². The van der Waals surface area contributed by atoms with Crippen molar-refractivity contribution in [2.24, 2.45) is 0 Å². The van der Waals surface area contributed by atoms with Crippen molar-refractivity contribution in [1.29, 1.82) is 0 Å². The van der Waals surface area contributed by atoms with Gasteiger partial charge < -0.3 is 10.6 Å². The Labute approximate surface area is 95.6 Å². The molecule has 1 saturated heterocycles. The lowest BCUT2D eigenvalue weighted by atomic mass is 10.1. The third-order valence-electron chi connectivity index (χ3n) is 2.20. The van der Waals surface area contributed by atoms with E-state index >= 15 is 0 Å². The number of carbonyl (C=O) groups is 1. The molecular weight excluding hydrogens is 242 g/mol. The van der Waals surface area contributed by atoms with Crippen molar-refractivity contribution in [3.63, 3.8) is 0 Å². The molecule has 0 unspecified atom stereocenters. The van der Waals surface area contributed by atoms with Crippen LogP contribution < -0.4 is 10.6 Å². The summed E-state index contributed by atoms with van der Waals surface area (Å²) in [4.78, 5) is 10.9. The number of rotatable bonds is 1. The Morgan fingerprint density at radius 1 is 1.33 bits per heavy atom. The first-order chi connectivity index (χ1) is 7.09. The van der Waals surface area contributed by atoms with E-state index in [4.69, 9.17) is 23.2 Å². The van der Waals surface area contributed by atoms with Crippen molar-refractivity contribution in [2.75, 3.05) is 6.54 Å². The standard InChI is InChI=1S/C9H7Cl2FN2O/c10-4-1-2-5(11)8(12)7(4)6-3-13-9(15)14-6/h1-2,6H,3H2,(H2,13,14,15)/t6-/m0/s1. The summed E-state index contributed by atoms with van der Waals surface area (Å²) in [6, 6.07) is 2.08. The van der Waals surface area contributed by atoms with E-state index < -0.39 is 11.9 Å². The highest BCUT2D eigenvalue weighted by Crippen LogP contribution is 2.31. The number of amides is 2. The second kappa shape index (κ2) is 3.87. The van der Waals surface area contributed by atoms with E-state index in [1.54, 1.807) is 0 Å². The monoisotopic (exact) mass is 248 g/mol. The zero-order valence-electron chi connectivity index (χ0n) is 7.48. The molecule has 0 radical (unpaired) electrons. The lowest BCUT2D eigenvalue weighted by molar-refractivity contribution is 0.247. The largest absolute Gasteiger partial charge is 0.336 e. The number of halogens is 3. The molecule has 0 aromatic heterocycles. The normalized spacial score (nSPS) is 19.9. The van der Waals surface area contributed by atoms with Gasteiger partial charge >= 0.3 is 6.03 Å². The van der Waals surface area contributed by atoms with Gasteiger partial charge in [-0.25, -0.2) is 9.18 Å². The summed E-state index contributed by atoms with van der Waals surface area (Å²) >= 11 is 11.5. The Morgan fingerprint density at radius 3 is 2.60 bits per heavy atom. The first-order valence-corrected chi connectivity index (χ1v) is 5.03. The molecule has 1 atom stereocenters. The molecule has 1 aromatic rings. The molecule has 1 aromatic carbocycles. The van der Waals surface area contributed by atoms with E-state index in [9.17, 15) is 9.18 Å². The second-order valence-electron chi connectivity index (χ2n) is 3.16. The van der Waals surface area contributed by atoms with Crippen molar-refractivity contribution >= 4 is 29.2 Å². The summed E-state index contributed by atoms with van der Waals surface area (Å²) in [6.07, 6.45) is 0. The van der Waals surface area contributed by atoms with E-state index in [2.05, 4.69) is 10.6 Å². The Kier molecular flexibility index (Phi) is 2.71. The van der Waals surface area contributed by atoms with Crippen LogP contribution in [0, 0.1) is 5.82 Å². The molecule has 0 spiro atoms. The van der Waals surface area contributed by atoms with Gasteiger partial charge in [0, 0.05) is 17.1 Å². The average molecular weight is 249 g/mol. The smallest absolute Gasteiger partial charge is 0.315 e. The number of carbonyl (C=O) groups excluding carboxylic acids is 1. The molecule has 3 nitrogen and oxygen atoms in total. The van der Waals surface area contributed by atoms with Crippen LogP contribution in [-0.2, 0) is 0 Å². The van der Waals surface area contributed by atoms with Crippen LogP contribution >= 0.6 is 23.2 Å². The van der Waals surface area contributed by atoms with Gasteiger partial charge in [0.2, 0.25) is 0 Å². The van der Waals surface area contributed by atoms with Gasteiger partial charge in [0.15, 0.2) is 0 Å². The number of hydrogen-bond donors (Lipinski definition) is 2. The predicted octanol–water partition coefficient (Wildman–Crippen LogP) is 2.49. The number of urea groups is 1. The topological polar surface area (TPSA) is 41.1 Å². The van der Waals surface area contributed by atoms with Gasteiger partial charge in [-0.05, 0) is 12.1 Å². The second-order valence-corrected chi connectivity index (χ2v) is 3.98. The van der Waals surface area contributed by atoms with Crippen molar-refractivity contribution < 1.29 is 9.18 Å². The number of nitrogens with one attached hydrogen (secondary N) is 2. The highest BCUT2D eigenvalue weighted by atomic mass is 35.5. The third kappa shape index (κ3) is 1.87. The maximum atomic E-state index is 13.6. The Hall–Kier alpha value is -1.00. The Balaban J connectivity index is 2.43. The van der Waals surface area contributed by atoms with Crippen molar-refractivity contribution in [3.8, 4) is 0 Å². The summed E-state index contributed by atoms with van der Waals surface area (Å²) in [5.41, 5.74) is 0.225. The highest BCUT2D eigenvalue weighted by molar-refractivity contribution is 6.33. The summed E-state index contributed by atoms with van der Waals surface area (Å²) in [6.45, 7) is 0.301. The molecule has 0 saturated carbocycles. The molecule has 2 N–H and O–H groups in total. The van der Waals surface area contributed by atoms with E-state index in [0.29, 0.717) is 6.54 Å². The molecule has 2 amide bonds. The fraction of sp³-hybridized carbons (Fsp3) is 0.222. The number of hydrogen-bond acceptors (Lipinski definition) is 1. The van der Waals surface area contributed by atoms with Crippen LogP contribution in [0.2, 0.25) is 10.0 Å². The highest BCUT2D eigenvalue weighted by Gasteiger charge is 2.27. The maximum Gasteiger partial charge on any atom is 0.315 e. The maximum absolute atomic E-state index is 13.6. The van der Waals surface area contributed by atoms with Gasteiger partial charge in [-0.3, -0.25) is 0 Å². The van der Waals surface area contributed by atoms with E-state index in [1.165, 1.54) is 12.1 Å². The van der Waals surface area contributed by atoms with Crippen LogP contribution in [0.25, 0.3) is 0 Å². The first kappa shape index (κ1) is 10.5. The molecule has 2 rings (SSSR count). The van der Waals surface area contributed by atoms with Crippen LogP contribution in [-0.4, -0.2) is 12.6 Å². The van der Waals surface area contributed by atoms with Crippen molar-refractivity contribution in [3.05, 3.63) is 33.6 Å². The van der Waals surface area contributed by atoms with Gasteiger partial charge in [0.25, 0.3) is 0 Å². The van der Waals surface area contributed by atoms with Gasteiger partial charge in [0.05, 0.1) is 11.1 Å². The van der Waals surface area contributed by atoms with E-state index in [0.717, 1.165) is 0 Å². The lowest BCUT2D eigenvalue weighted by Gasteiger charge is -2.12. The Bertz CT molecular complexity index is 425. The van der Waals surface area contributed by atoms with Crippen LogP contribution in [0.1, 0.15) is 11.6 Å². The molecule has 15 heavy (non-hydrogen) atoms. The minimum absolute atomic E-state index is 0.00412. The summed E-state index contributed by atoms with van der Waals surface area (Å²) in [5.74, 6) is -0.585. The fourth-order valence-electron chi connectivity index (χ4n) is 1.49. The molecule has 0 bridgehead atoms. The van der Waals surface area contributed by atoms with Crippen LogP contribution in [0.5, 0.6) is 0 Å². The molecule has 1 fully saturated rings. The zero-order chi connectivity index (χ0) is 11.0. The average Bonchev–Trinajstić information content (AvgIpc) is 2.59. The van der Waals surface area contributed by atoms with Crippen LogP contribution in [0.15, 0.2) is 12.1 Å². The Morgan fingerprint density at radius 2 is 2.00 bits per heavy atom. The first-order valence-electron chi connectivity index (χ1n) is 4.27. The van der Waals surface area contributed by atoms with Crippen molar-refractivity contribution in [1.82, 2.24) is 10.6 Å². The molecule has 1 aliphatic heterocycles. The molecule has 80 valence electrons. The van der Waals surface area contributed by atoms with Crippen LogP contribution in [0.4, 0.5) is 9.18 Å². The summed E-state index contributed by atoms with van der Waals surface area (Å²) in [7, 11) is 0. The van der Waals surface area contributed by atoms with Gasteiger partial charge in [-0.1, -0.05) is 23.2 Å². The quantitative estimate of drug-likeness (QED) is 0.737. The van der Waals surface area contributed by atoms with Gasteiger partial charge in [-0.15, -0.1) is 0 Å². The zero-order valence-corrected chi connectivity index (χ0v) is 8.99. The minimum Gasteiger partial charge on any atom is -0.336 e. The van der Waals surface area contributed by atoms with Crippen LogP contribution in [0.3, 0.4) is 0 Å². The van der Waals surface area contributed by atoms with Crippen molar-refractivity contribution in [2.45, 2.75) is 6.04 Å². The lowest BCUT2D eigenvalue weighted by Crippen LogP contribution is -2.22. The molecule has 1 aliphatic rings. The molecule has 1 heterocycles. The van der Waals surface area contributed by atoms with E-state index in [-0.39, 0.29) is 21.6 Å². The summed E-state index contributed by atoms with van der Waals surface area (Å²) < 4.78 is 13.6. The molecular formula is C9H7Cl2FN2O. The molecule has 6 heteroatoms. The third-order valence-corrected chi connectivity index (χ3v) is 2.82. The van der Waals surface area contributed by atoms with Gasteiger partial charge in [0.1, 0.15) is 5.82 Å². The fourth-order valence-corrected chi connectivity index (χ4v) is 1.93.